The van der Waals surface area contributed by atoms with Gasteiger partial charge in [0.25, 0.3) is 0 Å². The molecule has 0 radical (unpaired) electrons. The molecule has 0 aromatic rings. The van der Waals surface area contributed by atoms with E-state index >= 15 is 0 Å². The maximum Gasteiger partial charge on any atom is 0.324 e. The lowest BCUT2D eigenvalue weighted by molar-refractivity contribution is -0.139. The van der Waals surface area contributed by atoms with Crippen LogP contribution in [0.4, 0.5) is 0 Å². The van der Waals surface area contributed by atoms with Crippen LogP contribution < -0.4 is 0 Å². The third-order valence-electron chi connectivity index (χ3n) is 0.761. The summed E-state index contributed by atoms with van der Waals surface area (Å²) in [6.07, 6.45) is -1.39. The lowest BCUT2D eigenvalue weighted by Gasteiger charge is -2.07. The summed E-state index contributed by atoms with van der Waals surface area (Å²) in [5.74, 6) is -1.33. The molecule has 54 valence electrons. The van der Waals surface area contributed by atoms with Crippen LogP contribution in [0.3, 0.4) is 0 Å². The zero-order valence-corrected chi connectivity index (χ0v) is 5.25. The molecule has 0 heterocycles. The van der Waals surface area contributed by atoms with Crippen molar-refractivity contribution in [3.8, 4) is 0 Å². The summed E-state index contributed by atoms with van der Waals surface area (Å²) < 4.78 is 0. The summed E-state index contributed by atoms with van der Waals surface area (Å²) in [7, 11) is 0. The number of hydrogen-bond acceptors (Lipinski definition) is 3. The number of carboxylic acid groups (broad SMARTS) is 1. The van der Waals surface area contributed by atoms with Gasteiger partial charge in [-0.05, 0) is 0 Å². The van der Waals surface area contributed by atoms with Crippen molar-refractivity contribution in [3.05, 3.63) is 0 Å². The van der Waals surface area contributed by atoms with E-state index in [1.165, 1.54) is 0 Å². The van der Waals surface area contributed by atoms with E-state index in [1.54, 1.807) is 0 Å². The molecule has 0 bridgehead atoms. The fourth-order valence-electron chi connectivity index (χ4n) is 0.257. The largest absolute Gasteiger partial charge is 0.480 e. The molecule has 3 N–H and O–H groups in total. The minimum atomic E-state index is -1.42. The molecule has 9 heavy (non-hydrogen) atoms. The lowest BCUT2D eigenvalue weighted by atomic mass is 10.3. The van der Waals surface area contributed by atoms with Gasteiger partial charge in [0.1, 0.15) is 6.10 Å². The van der Waals surface area contributed by atoms with Crippen molar-refractivity contribution in [3.63, 3.8) is 0 Å². The fraction of sp³-hybridized carbons (Fsp3) is 0.750. The Hall–Kier alpha value is -0.320. The summed E-state index contributed by atoms with van der Waals surface area (Å²) in [6, 6.07) is 0. The van der Waals surface area contributed by atoms with Gasteiger partial charge in [-0.3, -0.25) is 4.79 Å². The zero-order chi connectivity index (χ0) is 7.44. The molecule has 0 saturated carbocycles. The molecule has 0 fully saturated rings. The Bertz CT molecular complexity index is 105. The van der Waals surface area contributed by atoms with Crippen LogP contribution in [0.1, 0.15) is 0 Å². The van der Waals surface area contributed by atoms with Gasteiger partial charge in [0.15, 0.2) is 5.38 Å². The van der Waals surface area contributed by atoms with Crippen molar-refractivity contribution in [1.82, 2.24) is 0 Å². The number of halogens is 1. The van der Waals surface area contributed by atoms with Gasteiger partial charge in [-0.1, -0.05) is 0 Å². The first-order chi connectivity index (χ1) is 4.09. The molecular formula is C4H7ClO4. The van der Waals surface area contributed by atoms with Crippen LogP contribution in [0.2, 0.25) is 0 Å². The van der Waals surface area contributed by atoms with Crippen molar-refractivity contribution >= 4 is 17.6 Å². The molecule has 0 amide bonds. The molecule has 0 aromatic heterocycles. The quantitative estimate of drug-likeness (QED) is 0.457. The lowest BCUT2D eigenvalue weighted by Crippen LogP contribution is -2.31. The number of carbonyl (C=O) groups is 1. The Labute approximate surface area is 56.7 Å². The monoisotopic (exact) mass is 154 g/mol. The minimum Gasteiger partial charge on any atom is -0.480 e. The summed E-state index contributed by atoms with van der Waals surface area (Å²) in [4.78, 5) is 9.90. The van der Waals surface area contributed by atoms with E-state index in [2.05, 4.69) is 0 Å². The Morgan fingerprint density at radius 3 is 2.22 bits per heavy atom. The summed E-state index contributed by atoms with van der Waals surface area (Å²) in [5.41, 5.74) is 0. The topological polar surface area (TPSA) is 77.8 Å². The number of hydrogen-bond donors (Lipinski definition) is 3. The van der Waals surface area contributed by atoms with Crippen LogP contribution >= 0.6 is 11.6 Å². The van der Waals surface area contributed by atoms with E-state index in [4.69, 9.17) is 26.9 Å². The smallest absolute Gasteiger partial charge is 0.324 e. The van der Waals surface area contributed by atoms with Crippen LogP contribution in [0.15, 0.2) is 0 Å². The van der Waals surface area contributed by atoms with E-state index in [0.717, 1.165) is 0 Å². The highest BCUT2D eigenvalue weighted by molar-refractivity contribution is 6.30. The second-order valence-electron chi connectivity index (χ2n) is 1.49. The SMILES string of the molecule is O=C(O)C(Cl)C(O)CO. The maximum absolute atomic E-state index is 9.90. The Morgan fingerprint density at radius 1 is 1.67 bits per heavy atom. The molecule has 0 aliphatic rings. The molecule has 0 aliphatic carbocycles. The first-order valence-electron chi connectivity index (χ1n) is 2.25. The van der Waals surface area contributed by atoms with Gasteiger partial charge in [-0.2, -0.15) is 0 Å². The van der Waals surface area contributed by atoms with Gasteiger partial charge in [-0.15, -0.1) is 11.6 Å². The Kier molecular flexibility index (Phi) is 3.53. The normalized spacial score (nSPS) is 16.8. The van der Waals surface area contributed by atoms with Crippen molar-refractivity contribution in [2.75, 3.05) is 6.61 Å². The summed E-state index contributed by atoms with van der Waals surface area (Å²) >= 11 is 5.06. The molecule has 2 atom stereocenters. The molecule has 2 unspecified atom stereocenters. The number of alkyl halides is 1. The third-order valence-corrected chi connectivity index (χ3v) is 1.24. The molecule has 4 nitrogen and oxygen atoms in total. The molecule has 0 spiro atoms. The van der Waals surface area contributed by atoms with E-state index in [1.807, 2.05) is 0 Å². The highest BCUT2D eigenvalue weighted by Gasteiger charge is 2.22. The molecule has 0 saturated heterocycles. The van der Waals surface area contributed by atoms with Gasteiger partial charge in [-0.25, -0.2) is 0 Å². The van der Waals surface area contributed by atoms with Crippen molar-refractivity contribution in [2.24, 2.45) is 0 Å². The molecule has 5 heteroatoms. The predicted molar refractivity (Wildman–Crippen MR) is 30.4 cm³/mol. The van der Waals surface area contributed by atoms with Gasteiger partial charge in [0.05, 0.1) is 6.61 Å². The second kappa shape index (κ2) is 3.66. The van der Waals surface area contributed by atoms with E-state index in [9.17, 15) is 4.79 Å². The Balaban J connectivity index is 3.72. The van der Waals surface area contributed by atoms with E-state index < -0.39 is 24.1 Å². The standard InChI is InChI=1S/C4H7ClO4/c5-3(4(8)9)2(7)1-6/h2-3,6-7H,1H2,(H,8,9). The molecule has 0 aromatic carbocycles. The van der Waals surface area contributed by atoms with Crippen molar-refractivity contribution in [2.45, 2.75) is 11.5 Å². The number of rotatable bonds is 3. The van der Waals surface area contributed by atoms with Gasteiger partial charge in [0, 0.05) is 0 Å². The second-order valence-corrected chi connectivity index (χ2v) is 1.96. The Morgan fingerprint density at radius 2 is 2.11 bits per heavy atom. The van der Waals surface area contributed by atoms with Crippen LogP contribution in [0.25, 0.3) is 0 Å². The third kappa shape index (κ3) is 2.64. The van der Waals surface area contributed by atoms with Crippen molar-refractivity contribution < 1.29 is 20.1 Å². The van der Waals surface area contributed by atoms with Crippen LogP contribution in [-0.2, 0) is 4.79 Å². The first kappa shape index (κ1) is 8.68. The van der Waals surface area contributed by atoms with Crippen molar-refractivity contribution in [1.29, 1.82) is 0 Å². The first-order valence-corrected chi connectivity index (χ1v) is 2.69. The predicted octanol–water partition coefficient (Wildman–Crippen LogP) is -0.968. The average Bonchev–Trinajstić information content (AvgIpc) is 1.84. The van der Waals surface area contributed by atoms with E-state index in [-0.39, 0.29) is 0 Å². The highest BCUT2D eigenvalue weighted by Crippen LogP contribution is 2.01. The molecular weight excluding hydrogens is 147 g/mol. The number of aliphatic carboxylic acids is 1. The number of aliphatic hydroxyl groups excluding tert-OH is 2. The maximum atomic E-state index is 9.90. The molecule has 0 aliphatic heterocycles. The molecule has 0 rings (SSSR count). The average molecular weight is 155 g/mol. The number of carboxylic acids is 1. The van der Waals surface area contributed by atoms with Gasteiger partial charge in [0.2, 0.25) is 0 Å². The van der Waals surface area contributed by atoms with Gasteiger partial charge >= 0.3 is 5.97 Å². The fourth-order valence-corrected chi connectivity index (χ4v) is 0.337. The summed E-state index contributed by atoms with van der Waals surface area (Å²) in [6.45, 7) is -0.638. The highest BCUT2D eigenvalue weighted by atomic mass is 35.5. The summed E-state index contributed by atoms with van der Waals surface area (Å²) in [5, 5.41) is 23.3. The van der Waals surface area contributed by atoms with Gasteiger partial charge < -0.3 is 15.3 Å². The number of aliphatic hydroxyl groups is 2. The van der Waals surface area contributed by atoms with E-state index in [0.29, 0.717) is 0 Å². The van der Waals surface area contributed by atoms with Crippen LogP contribution in [-0.4, -0.2) is 39.4 Å². The minimum absolute atomic E-state index is 0.638. The van der Waals surface area contributed by atoms with Crippen LogP contribution in [0, 0.1) is 0 Å². The zero-order valence-electron chi connectivity index (χ0n) is 4.49. The van der Waals surface area contributed by atoms with Crippen LogP contribution in [0.5, 0.6) is 0 Å².